The maximum Gasteiger partial charge on any atom is 0.187 e. The fraction of sp³-hybridized carbons (Fsp3) is 0.636. The summed E-state index contributed by atoms with van der Waals surface area (Å²) in [5, 5.41) is 4.18. The number of hydrogen-bond donors (Lipinski definition) is 0. The predicted molar refractivity (Wildman–Crippen MR) is 56.1 cm³/mol. The molecule has 82 valence electrons. The van der Waals surface area contributed by atoms with Gasteiger partial charge in [0.2, 0.25) is 0 Å². The summed E-state index contributed by atoms with van der Waals surface area (Å²) in [5.41, 5.74) is 0.654. The zero-order chi connectivity index (χ0) is 10.8. The number of hydrogen-bond acceptors (Lipinski definition) is 3. The summed E-state index contributed by atoms with van der Waals surface area (Å²) in [6, 6.07) is 0. The molecule has 0 radical (unpaired) electrons. The van der Waals surface area contributed by atoms with Crippen LogP contribution in [0, 0.1) is 5.92 Å². The summed E-state index contributed by atoms with van der Waals surface area (Å²) in [6.07, 6.45) is 4.62. The molecule has 1 aromatic rings. The first-order valence-electron chi connectivity index (χ1n) is 5.42. The molecule has 0 N–H and O–H groups in total. The molecule has 0 unspecified atom stereocenters. The van der Waals surface area contributed by atoms with Gasteiger partial charge in [-0.2, -0.15) is 5.10 Å². The number of methoxy groups -OCH3 is 1. The lowest BCUT2D eigenvalue weighted by Gasteiger charge is -2.06. The molecule has 2 rings (SSSR count). The molecule has 0 bridgehead atoms. The van der Waals surface area contributed by atoms with Crippen molar-refractivity contribution in [3.8, 4) is 5.75 Å². The van der Waals surface area contributed by atoms with Crippen LogP contribution in [-0.2, 0) is 6.54 Å². The quantitative estimate of drug-likeness (QED) is 0.694. The minimum Gasteiger partial charge on any atom is -0.493 e. The maximum absolute atomic E-state index is 12.0. The Hall–Kier alpha value is -1.32. The van der Waals surface area contributed by atoms with Gasteiger partial charge >= 0.3 is 0 Å². The average molecular weight is 208 g/mol. The van der Waals surface area contributed by atoms with Gasteiger partial charge in [-0.15, -0.1) is 0 Å². The molecule has 1 fully saturated rings. The number of ether oxygens (including phenoxy) is 1. The van der Waals surface area contributed by atoms with Crippen molar-refractivity contribution in [1.29, 1.82) is 0 Å². The van der Waals surface area contributed by atoms with E-state index in [0.717, 1.165) is 25.8 Å². The second-order valence-electron chi connectivity index (χ2n) is 3.92. The van der Waals surface area contributed by atoms with Crippen LogP contribution in [0.2, 0.25) is 0 Å². The second-order valence-corrected chi connectivity index (χ2v) is 3.92. The normalized spacial score (nSPS) is 15.3. The molecule has 15 heavy (non-hydrogen) atoms. The first-order chi connectivity index (χ1) is 7.27. The van der Waals surface area contributed by atoms with Crippen molar-refractivity contribution < 1.29 is 9.53 Å². The van der Waals surface area contributed by atoms with Gasteiger partial charge in [-0.25, -0.2) is 0 Å². The van der Waals surface area contributed by atoms with Crippen molar-refractivity contribution in [3.63, 3.8) is 0 Å². The number of aromatic nitrogens is 2. The molecule has 0 aromatic carbocycles. The SMILES string of the molecule is CCCn1ncc(OC)c1C(=O)C1CC1. The van der Waals surface area contributed by atoms with Gasteiger partial charge in [0.1, 0.15) is 5.69 Å². The summed E-state index contributed by atoms with van der Waals surface area (Å²) in [5.74, 6) is 1.02. The highest BCUT2D eigenvalue weighted by atomic mass is 16.5. The van der Waals surface area contributed by atoms with E-state index < -0.39 is 0 Å². The average Bonchev–Trinajstić information content (AvgIpc) is 3.00. The summed E-state index contributed by atoms with van der Waals surface area (Å²) in [6.45, 7) is 2.84. The topological polar surface area (TPSA) is 44.1 Å². The van der Waals surface area contributed by atoms with Crippen LogP contribution in [0.15, 0.2) is 6.20 Å². The molecule has 1 aromatic heterocycles. The predicted octanol–water partition coefficient (Wildman–Crippen LogP) is 1.89. The highest BCUT2D eigenvalue weighted by molar-refractivity contribution is 6.00. The van der Waals surface area contributed by atoms with Crippen LogP contribution >= 0.6 is 0 Å². The van der Waals surface area contributed by atoms with E-state index in [-0.39, 0.29) is 11.7 Å². The number of ketones is 1. The van der Waals surface area contributed by atoms with Gasteiger partial charge in [0.25, 0.3) is 0 Å². The highest BCUT2D eigenvalue weighted by Crippen LogP contribution is 2.35. The van der Waals surface area contributed by atoms with Gasteiger partial charge in [-0.1, -0.05) is 6.92 Å². The van der Waals surface area contributed by atoms with Crippen molar-refractivity contribution in [2.45, 2.75) is 32.7 Å². The molecule has 0 atom stereocenters. The highest BCUT2D eigenvalue weighted by Gasteiger charge is 2.34. The van der Waals surface area contributed by atoms with Gasteiger partial charge < -0.3 is 4.74 Å². The summed E-state index contributed by atoms with van der Waals surface area (Å²) in [7, 11) is 1.58. The number of rotatable bonds is 5. The first-order valence-corrected chi connectivity index (χ1v) is 5.42. The molecular weight excluding hydrogens is 192 g/mol. The Morgan fingerprint density at radius 1 is 1.67 bits per heavy atom. The molecule has 0 aliphatic heterocycles. The van der Waals surface area contributed by atoms with Crippen molar-refractivity contribution >= 4 is 5.78 Å². The number of Topliss-reactive ketones (excluding diaryl/α,β-unsaturated/α-hetero) is 1. The van der Waals surface area contributed by atoms with E-state index in [1.807, 2.05) is 0 Å². The molecule has 1 saturated carbocycles. The number of aryl methyl sites for hydroxylation is 1. The molecule has 0 amide bonds. The molecule has 1 aliphatic rings. The minimum atomic E-state index is 0.192. The molecule has 0 saturated heterocycles. The Bertz CT molecular complexity index is 367. The smallest absolute Gasteiger partial charge is 0.187 e. The molecule has 4 nitrogen and oxygen atoms in total. The van der Waals surface area contributed by atoms with Crippen LogP contribution in [0.25, 0.3) is 0 Å². The summed E-state index contributed by atoms with van der Waals surface area (Å²) < 4.78 is 6.93. The van der Waals surface area contributed by atoms with E-state index in [0.29, 0.717) is 11.4 Å². The Kier molecular flexibility index (Phi) is 2.75. The van der Waals surface area contributed by atoms with Crippen LogP contribution in [-0.4, -0.2) is 22.7 Å². The van der Waals surface area contributed by atoms with E-state index in [9.17, 15) is 4.79 Å². The third-order valence-corrected chi connectivity index (χ3v) is 2.64. The number of carbonyl (C=O) groups is 1. The van der Waals surface area contributed by atoms with E-state index in [1.54, 1.807) is 18.0 Å². The molecular formula is C11H16N2O2. The minimum absolute atomic E-state index is 0.192. The first kappa shape index (κ1) is 10.2. The fourth-order valence-electron chi connectivity index (χ4n) is 1.69. The van der Waals surface area contributed by atoms with E-state index in [2.05, 4.69) is 12.0 Å². The van der Waals surface area contributed by atoms with Crippen LogP contribution in [0.3, 0.4) is 0 Å². The lowest BCUT2D eigenvalue weighted by Crippen LogP contribution is -2.12. The third-order valence-electron chi connectivity index (χ3n) is 2.64. The van der Waals surface area contributed by atoms with E-state index in [1.165, 1.54) is 0 Å². The largest absolute Gasteiger partial charge is 0.493 e. The zero-order valence-electron chi connectivity index (χ0n) is 9.19. The van der Waals surface area contributed by atoms with Gasteiger partial charge in [0.05, 0.1) is 13.3 Å². The van der Waals surface area contributed by atoms with Crippen molar-refractivity contribution in [2.24, 2.45) is 5.92 Å². The van der Waals surface area contributed by atoms with Gasteiger partial charge in [-0.3, -0.25) is 9.48 Å². The second kappa shape index (κ2) is 4.04. The van der Waals surface area contributed by atoms with Crippen LogP contribution in [0.4, 0.5) is 0 Å². The molecule has 1 aliphatic carbocycles. The maximum atomic E-state index is 12.0. The van der Waals surface area contributed by atoms with Crippen LogP contribution in [0.5, 0.6) is 5.75 Å². The molecule has 1 heterocycles. The monoisotopic (exact) mass is 208 g/mol. The Morgan fingerprint density at radius 2 is 2.40 bits per heavy atom. The van der Waals surface area contributed by atoms with Crippen molar-refractivity contribution in [1.82, 2.24) is 9.78 Å². The lowest BCUT2D eigenvalue weighted by atomic mass is 10.2. The van der Waals surface area contributed by atoms with Crippen LogP contribution < -0.4 is 4.74 Å². The Labute approximate surface area is 89.2 Å². The Morgan fingerprint density at radius 3 is 2.93 bits per heavy atom. The molecule has 4 heteroatoms. The van der Waals surface area contributed by atoms with E-state index >= 15 is 0 Å². The van der Waals surface area contributed by atoms with Crippen LogP contribution in [0.1, 0.15) is 36.7 Å². The van der Waals surface area contributed by atoms with Gasteiger partial charge in [0.15, 0.2) is 11.5 Å². The number of carbonyl (C=O) groups excluding carboxylic acids is 1. The third kappa shape index (κ3) is 1.89. The van der Waals surface area contributed by atoms with Crippen molar-refractivity contribution in [3.05, 3.63) is 11.9 Å². The van der Waals surface area contributed by atoms with E-state index in [4.69, 9.17) is 4.74 Å². The number of nitrogens with zero attached hydrogens (tertiary/aromatic N) is 2. The standard InChI is InChI=1S/C11H16N2O2/c1-3-6-13-10(9(15-2)7-12-13)11(14)8-4-5-8/h7-8H,3-6H2,1-2H3. The lowest BCUT2D eigenvalue weighted by molar-refractivity contribution is 0.0953. The van der Waals surface area contributed by atoms with Crippen molar-refractivity contribution in [2.75, 3.05) is 7.11 Å². The summed E-state index contributed by atoms with van der Waals surface area (Å²) >= 11 is 0. The molecule has 0 spiro atoms. The van der Waals surface area contributed by atoms with Gasteiger partial charge in [-0.05, 0) is 19.3 Å². The van der Waals surface area contributed by atoms with Gasteiger partial charge in [0, 0.05) is 12.5 Å². The summed E-state index contributed by atoms with van der Waals surface area (Å²) in [4.78, 5) is 12.0. The zero-order valence-corrected chi connectivity index (χ0v) is 9.19. The fourth-order valence-corrected chi connectivity index (χ4v) is 1.69. The Balaban J connectivity index is 2.30.